The van der Waals surface area contributed by atoms with E-state index < -0.39 is 21.8 Å². The van der Waals surface area contributed by atoms with Crippen LogP contribution in [0.5, 0.6) is 0 Å². The van der Waals surface area contributed by atoms with Crippen molar-refractivity contribution >= 4 is 33.1 Å². The number of carboxylic acids is 2. The number of sulfone groups is 1. The lowest BCUT2D eigenvalue weighted by molar-refractivity contribution is -0.224. The summed E-state index contributed by atoms with van der Waals surface area (Å²) >= 11 is 0. The largest absolute Gasteiger partial charge is 0.478 e. The number of unbranched alkanes of at least 4 members (excludes halogenated alkanes) is 1. The van der Waals surface area contributed by atoms with Crippen molar-refractivity contribution in [3.63, 3.8) is 0 Å². The van der Waals surface area contributed by atoms with Crippen LogP contribution in [0, 0.1) is 56.7 Å². The van der Waals surface area contributed by atoms with E-state index in [1.54, 1.807) is 12.1 Å². The van der Waals surface area contributed by atoms with Gasteiger partial charge in [-0.2, -0.15) is 0 Å². The van der Waals surface area contributed by atoms with Gasteiger partial charge in [0, 0.05) is 24.9 Å². The highest BCUT2D eigenvalue weighted by molar-refractivity contribution is 7.91. The van der Waals surface area contributed by atoms with Gasteiger partial charge in [-0.25, -0.2) is 18.0 Å². The van der Waals surface area contributed by atoms with Gasteiger partial charge in [0.2, 0.25) is 0 Å². The van der Waals surface area contributed by atoms with Gasteiger partial charge in [-0.15, -0.1) is 0 Å². The van der Waals surface area contributed by atoms with E-state index in [1.165, 1.54) is 11.6 Å². The normalized spacial score (nSPS) is 39.1. The number of allylic oxidation sites excluding steroid dienone is 3. The molecule has 302 valence electrons. The third kappa shape index (κ3) is 6.31. The maximum absolute atomic E-state index is 14.6. The molecule has 0 aromatic heterocycles. The van der Waals surface area contributed by atoms with Gasteiger partial charge in [-0.1, -0.05) is 58.9 Å². The number of rotatable bonds is 10. The van der Waals surface area contributed by atoms with Crippen LogP contribution in [-0.4, -0.2) is 72.4 Å². The van der Waals surface area contributed by atoms with E-state index in [2.05, 4.69) is 59.1 Å². The van der Waals surface area contributed by atoms with Gasteiger partial charge in [-0.05, 0) is 159 Å². The number of carboxylic acid groups (broad SMARTS) is 2. The molecule has 0 amide bonds. The SMILES string of the molecule is C=C(C)[C@@H]1CC[C@]2(C(=O)CCCCN3CCS(=O)(=O)CC3)CC[C@]3(C)[C@H](CC[C@@H]4[C@@]5(C)CC=C(c6ccc(C(=O)O)c(C(=O)O)c6)C(C)(C)[C@@H]5CC[C@]43C)[C@@H]12. The van der Waals surface area contributed by atoms with E-state index in [-0.39, 0.29) is 49.7 Å². The van der Waals surface area contributed by atoms with Crippen molar-refractivity contribution < 1.29 is 33.0 Å². The number of carbonyl (C=O) groups is 3. The van der Waals surface area contributed by atoms with Crippen molar-refractivity contribution in [1.82, 2.24) is 4.90 Å². The molecule has 1 aromatic rings. The Hall–Kier alpha value is -2.78. The topological polar surface area (TPSA) is 129 Å². The van der Waals surface area contributed by atoms with Gasteiger partial charge >= 0.3 is 11.9 Å². The van der Waals surface area contributed by atoms with E-state index in [4.69, 9.17) is 0 Å². The number of benzene rings is 1. The standard InChI is InChI=1S/C46H65NO7S/c1-29(2)31-15-20-46(38(48)10-8-9-23-47-24-26-55(53,54)27-25-47)22-21-44(6)35(39(31)46)13-14-37-43(5)18-16-34(42(3,4)36(43)17-19-45(37,44)7)30-11-12-32(40(49)50)33(28-30)41(51)52/h11-12,16,28,31,35-37,39H,1,8-10,13-15,17-27H2,2-7H3,(H,49,50)(H,51,52)/t31-,35+,36-,37+,39+,43-,44+,45+,46+/m0/s1. The fourth-order valence-corrected chi connectivity index (χ4v) is 15.9. The van der Waals surface area contributed by atoms with Crippen LogP contribution in [0.25, 0.3) is 5.57 Å². The summed E-state index contributed by atoms with van der Waals surface area (Å²) in [6.07, 6.45) is 14.2. The van der Waals surface area contributed by atoms with Crippen molar-refractivity contribution in [2.24, 2.45) is 56.7 Å². The lowest BCUT2D eigenvalue weighted by Gasteiger charge is -2.72. The molecule has 1 aromatic carbocycles. The molecule has 6 aliphatic rings. The minimum absolute atomic E-state index is 0.0525. The van der Waals surface area contributed by atoms with Crippen molar-refractivity contribution in [3.05, 3.63) is 53.1 Å². The summed E-state index contributed by atoms with van der Waals surface area (Å²) in [4.78, 5) is 40.8. The molecule has 1 aliphatic heterocycles. The number of nitrogens with zero attached hydrogens (tertiary/aromatic N) is 1. The second kappa shape index (κ2) is 14.0. The second-order valence-electron chi connectivity index (χ2n) is 20.1. The zero-order valence-corrected chi connectivity index (χ0v) is 35.0. The molecule has 0 spiro atoms. The Bertz CT molecular complexity index is 1900. The molecular formula is C46H65NO7S. The number of ketones is 1. The Morgan fingerprint density at radius 1 is 0.836 bits per heavy atom. The number of carbonyl (C=O) groups excluding carboxylic acids is 1. The molecule has 0 unspecified atom stereocenters. The van der Waals surface area contributed by atoms with Gasteiger partial charge in [0.1, 0.15) is 5.78 Å². The Morgan fingerprint density at radius 2 is 1.53 bits per heavy atom. The maximum atomic E-state index is 14.6. The van der Waals surface area contributed by atoms with E-state index in [0.717, 1.165) is 88.3 Å². The van der Waals surface area contributed by atoms with Crippen molar-refractivity contribution in [1.29, 1.82) is 0 Å². The quantitative estimate of drug-likeness (QED) is 0.178. The summed E-state index contributed by atoms with van der Waals surface area (Å²) in [5, 5.41) is 19.6. The Balaban J connectivity index is 1.13. The van der Waals surface area contributed by atoms with Crippen LogP contribution in [0.3, 0.4) is 0 Å². The van der Waals surface area contributed by atoms with E-state index in [9.17, 15) is 33.0 Å². The fourth-order valence-electron chi connectivity index (χ4n) is 14.6. The summed E-state index contributed by atoms with van der Waals surface area (Å²) in [6.45, 7) is 21.2. The zero-order valence-electron chi connectivity index (χ0n) is 34.2. The fraction of sp³-hybridized carbons (Fsp3) is 0.717. The average Bonchev–Trinajstić information content (AvgIpc) is 3.52. The lowest BCUT2D eigenvalue weighted by atomic mass is 9.32. The molecule has 1 saturated heterocycles. The van der Waals surface area contributed by atoms with Crippen LogP contribution in [0.15, 0.2) is 36.4 Å². The smallest absolute Gasteiger partial charge is 0.336 e. The Morgan fingerprint density at radius 3 is 2.18 bits per heavy atom. The van der Waals surface area contributed by atoms with Gasteiger partial charge in [-0.3, -0.25) is 4.79 Å². The average molecular weight is 776 g/mol. The van der Waals surface area contributed by atoms with Crippen LogP contribution in [0.2, 0.25) is 0 Å². The van der Waals surface area contributed by atoms with Crippen LogP contribution in [-0.2, 0) is 14.6 Å². The van der Waals surface area contributed by atoms with Gasteiger partial charge < -0.3 is 15.1 Å². The number of Topliss-reactive ketones (excluding diaryl/α,β-unsaturated/α-hetero) is 1. The molecule has 0 radical (unpaired) electrons. The first-order valence-electron chi connectivity index (χ1n) is 21.1. The van der Waals surface area contributed by atoms with Crippen LogP contribution < -0.4 is 0 Å². The number of fused-ring (bicyclic) bond motifs is 7. The molecule has 2 N–H and O–H groups in total. The predicted octanol–water partition coefficient (Wildman–Crippen LogP) is 9.20. The second-order valence-corrected chi connectivity index (χ2v) is 22.4. The third-order valence-corrected chi connectivity index (χ3v) is 19.2. The summed E-state index contributed by atoms with van der Waals surface area (Å²) in [5.41, 5.74) is 2.58. The first kappa shape index (κ1) is 40.4. The highest BCUT2D eigenvalue weighted by Crippen LogP contribution is 2.78. The molecule has 9 atom stereocenters. The van der Waals surface area contributed by atoms with Crippen LogP contribution >= 0.6 is 0 Å². The molecule has 5 aliphatic carbocycles. The number of hydrogen-bond donors (Lipinski definition) is 2. The van der Waals surface area contributed by atoms with Gasteiger partial charge in [0.25, 0.3) is 0 Å². The number of hydrogen-bond acceptors (Lipinski definition) is 6. The van der Waals surface area contributed by atoms with Gasteiger partial charge in [0.05, 0.1) is 22.6 Å². The monoisotopic (exact) mass is 775 g/mol. The minimum Gasteiger partial charge on any atom is -0.478 e. The summed E-state index contributed by atoms with van der Waals surface area (Å²) in [6, 6.07) is 4.82. The lowest BCUT2D eigenvalue weighted by Crippen LogP contribution is -2.65. The van der Waals surface area contributed by atoms with E-state index >= 15 is 0 Å². The van der Waals surface area contributed by atoms with Gasteiger partial charge in [0.15, 0.2) is 9.84 Å². The summed E-state index contributed by atoms with van der Waals surface area (Å²) in [5.74, 6) is 0.584. The number of aromatic carboxylic acids is 2. The molecule has 5 fully saturated rings. The van der Waals surface area contributed by atoms with E-state index in [1.807, 2.05) is 0 Å². The minimum atomic E-state index is -2.90. The zero-order chi connectivity index (χ0) is 39.9. The Labute approximate surface area is 329 Å². The van der Waals surface area contributed by atoms with Crippen LogP contribution in [0.1, 0.15) is 145 Å². The molecule has 8 nitrogen and oxygen atoms in total. The molecular weight excluding hydrogens is 711 g/mol. The molecule has 9 heteroatoms. The third-order valence-electron chi connectivity index (χ3n) is 17.6. The van der Waals surface area contributed by atoms with E-state index in [0.29, 0.717) is 54.9 Å². The summed E-state index contributed by atoms with van der Waals surface area (Å²) in [7, 11) is -2.90. The van der Waals surface area contributed by atoms with Crippen molar-refractivity contribution in [2.45, 2.75) is 119 Å². The Kier molecular flexibility index (Phi) is 10.3. The maximum Gasteiger partial charge on any atom is 0.336 e. The highest BCUT2D eigenvalue weighted by Gasteiger charge is 2.71. The van der Waals surface area contributed by atoms with Crippen molar-refractivity contribution in [3.8, 4) is 0 Å². The van der Waals surface area contributed by atoms with Crippen molar-refractivity contribution in [2.75, 3.05) is 31.1 Å². The highest BCUT2D eigenvalue weighted by atomic mass is 32.2. The molecule has 55 heavy (non-hydrogen) atoms. The predicted molar refractivity (Wildman–Crippen MR) is 217 cm³/mol. The first-order chi connectivity index (χ1) is 25.7. The first-order valence-corrected chi connectivity index (χ1v) is 23.0. The van der Waals surface area contributed by atoms with Crippen LogP contribution in [0.4, 0.5) is 0 Å². The molecule has 4 saturated carbocycles. The molecule has 7 rings (SSSR count). The molecule has 0 bridgehead atoms. The molecule has 1 heterocycles. The summed E-state index contributed by atoms with van der Waals surface area (Å²) < 4.78 is 23.8.